The molecule has 1 saturated heterocycles. The Bertz CT molecular complexity index is 1300. The molecule has 2 aromatic rings. The van der Waals surface area contributed by atoms with Crippen molar-refractivity contribution in [3.8, 4) is 0 Å². The number of aliphatic carboxylic acids is 1. The third kappa shape index (κ3) is 6.03. The predicted octanol–water partition coefficient (Wildman–Crippen LogP) is 7.36. The van der Waals surface area contributed by atoms with Crippen molar-refractivity contribution in [2.45, 2.75) is 50.8 Å². The van der Waals surface area contributed by atoms with Gasteiger partial charge >= 0.3 is 5.97 Å². The van der Waals surface area contributed by atoms with Gasteiger partial charge in [0.2, 0.25) is 0 Å². The van der Waals surface area contributed by atoms with Crippen molar-refractivity contribution in [3.63, 3.8) is 0 Å². The number of carbonyl (C=O) groups is 1. The number of para-hydroxylation sites is 1. The van der Waals surface area contributed by atoms with Crippen molar-refractivity contribution in [2.24, 2.45) is 23.7 Å². The highest BCUT2D eigenvalue weighted by molar-refractivity contribution is 7.85. The van der Waals surface area contributed by atoms with Gasteiger partial charge in [-0.3, -0.25) is 4.21 Å². The maximum absolute atomic E-state index is 13.9. The van der Waals surface area contributed by atoms with Crippen LogP contribution >= 0.6 is 11.6 Å². The average Bonchev–Trinajstić information content (AvgIpc) is 3.45. The number of ether oxygens (including phenoxy) is 1. The number of benzene rings is 2. The molecule has 4 unspecified atom stereocenters. The minimum Gasteiger partial charge on any atom is -0.478 e. The van der Waals surface area contributed by atoms with E-state index in [9.17, 15) is 14.1 Å². The summed E-state index contributed by atoms with van der Waals surface area (Å²) in [5.41, 5.74) is 4.06. The quantitative estimate of drug-likeness (QED) is 0.395. The summed E-state index contributed by atoms with van der Waals surface area (Å²) in [6.45, 7) is 8.76. The number of carboxylic acid groups (broad SMARTS) is 1. The summed E-state index contributed by atoms with van der Waals surface area (Å²) in [6.07, 6.45) is 6.28. The molecule has 208 valence electrons. The van der Waals surface area contributed by atoms with Gasteiger partial charge in [0.25, 0.3) is 0 Å². The summed E-state index contributed by atoms with van der Waals surface area (Å²) in [5.74, 6) is 0.856. The summed E-state index contributed by atoms with van der Waals surface area (Å²) in [6, 6.07) is 14.2. The first kappa shape index (κ1) is 28.1. The van der Waals surface area contributed by atoms with E-state index in [-0.39, 0.29) is 11.8 Å². The molecule has 5 rings (SSSR count). The zero-order valence-electron chi connectivity index (χ0n) is 22.9. The van der Waals surface area contributed by atoms with Crippen molar-refractivity contribution >= 4 is 39.7 Å². The van der Waals surface area contributed by atoms with E-state index in [2.05, 4.69) is 43.9 Å². The van der Waals surface area contributed by atoms with Crippen molar-refractivity contribution < 1.29 is 18.8 Å². The molecule has 3 aliphatic rings. The topological polar surface area (TPSA) is 66.8 Å². The first-order valence-electron chi connectivity index (χ1n) is 14.0. The Hall–Kier alpha value is -2.41. The van der Waals surface area contributed by atoms with Gasteiger partial charge < -0.3 is 14.7 Å². The lowest BCUT2D eigenvalue weighted by Crippen LogP contribution is -2.35. The third-order valence-corrected chi connectivity index (χ3v) is 10.4. The lowest BCUT2D eigenvalue weighted by atomic mass is 9.80. The molecular formula is C32H38ClNO4S. The Labute approximate surface area is 239 Å². The highest BCUT2D eigenvalue weighted by Crippen LogP contribution is 2.44. The number of carboxylic acids is 1. The van der Waals surface area contributed by atoms with E-state index < -0.39 is 16.8 Å². The number of hydrogen-bond acceptors (Lipinski definition) is 4. The second kappa shape index (κ2) is 12.0. The highest BCUT2D eigenvalue weighted by Gasteiger charge is 2.33. The smallest absolute Gasteiger partial charge is 0.331 e. The van der Waals surface area contributed by atoms with Crippen molar-refractivity contribution in [2.75, 3.05) is 30.4 Å². The SMILES string of the molecule is CC(C)C[C@@H]1CN(c2ccccc2)c2cc(Cl)c(C3C=CC(C4CCOC4)=C(C(=O)O)C3)cc2S(=O)CC1C. The number of allylic oxidation sites excluding steroid dienone is 2. The van der Waals surface area contributed by atoms with E-state index in [1.807, 2.05) is 36.4 Å². The van der Waals surface area contributed by atoms with Crippen molar-refractivity contribution in [1.29, 1.82) is 0 Å². The summed E-state index contributed by atoms with van der Waals surface area (Å²) < 4.78 is 19.5. The fourth-order valence-electron chi connectivity index (χ4n) is 6.29. The molecule has 39 heavy (non-hydrogen) atoms. The zero-order valence-corrected chi connectivity index (χ0v) is 24.5. The highest BCUT2D eigenvalue weighted by atomic mass is 35.5. The number of rotatable bonds is 6. The Morgan fingerprint density at radius 3 is 2.67 bits per heavy atom. The Morgan fingerprint density at radius 2 is 2.00 bits per heavy atom. The minimum atomic E-state index is -1.22. The molecule has 2 aliphatic heterocycles. The Kier molecular flexibility index (Phi) is 8.65. The van der Waals surface area contributed by atoms with E-state index in [1.165, 1.54) is 0 Å². The summed E-state index contributed by atoms with van der Waals surface area (Å²) >= 11 is 6.99. The standard InChI is InChI=1S/C32H38ClNO4S/c1-20(2)13-24-17-34(25-7-5-4-6-8-25)30-16-29(33)27(15-31(30)39(37)19-21(24)3)22-9-10-26(23-11-12-38-18-23)28(14-22)32(35)36/h4-10,15-16,20-24H,11-14,17-19H2,1-3H3,(H,35,36)/t21?,22?,23?,24-,39?/m1/s1. The van der Waals surface area contributed by atoms with Crippen LogP contribution in [-0.4, -0.2) is 40.8 Å². The first-order chi connectivity index (χ1) is 18.7. The second-order valence-corrected chi connectivity index (χ2v) is 13.5. The molecule has 0 radical (unpaired) electrons. The predicted molar refractivity (Wildman–Crippen MR) is 158 cm³/mol. The van der Waals surface area contributed by atoms with Crippen LogP contribution in [0.2, 0.25) is 5.02 Å². The summed E-state index contributed by atoms with van der Waals surface area (Å²) in [7, 11) is -1.22. The Balaban J connectivity index is 1.56. The van der Waals surface area contributed by atoms with Crippen LogP contribution in [0.1, 0.15) is 51.5 Å². The van der Waals surface area contributed by atoms with Gasteiger partial charge in [0.1, 0.15) is 0 Å². The average molecular weight is 568 g/mol. The van der Waals surface area contributed by atoms with Gasteiger partial charge in [-0.05, 0) is 72.4 Å². The number of hydrogen-bond donors (Lipinski definition) is 1. The lowest BCUT2D eigenvalue weighted by Gasteiger charge is -2.37. The van der Waals surface area contributed by atoms with Crippen LogP contribution in [0.3, 0.4) is 0 Å². The monoisotopic (exact) mass is 567 g/mol. The van der Waals surface area contributed by atoms with Crippen LogP contribution in [0, 0.1) is 23.7 Å². The van der Waals surface area contributed by atoms with E-state index in [1.54, 1.807) is 0 Å². The largest absolute Gasteiger partial charge is 0.478 e. The molecular weight excluding hydrogens is 530 g/mol. The molecule has 1 aliphatic carbocycles. The molecule has 0 saturated carbocycles. The number of anilines is 2. The molecule has 0 amide bonds. The van der Waals surface area contributed by atoms with Crippen molar-refractivity contribution in [3.05, 3.63) is 76.3 Å². The van der Waals surface area contributed by atoms with Crippen LogP contribution in [0.5, 0.6) is 0 Å². The maximum atomic E-state index is 13.9. The fraction of sp³-hybridized carbons (Fsp3) is 0.469. The molecule has 1 fully saturated rings. The van der Waals surface area contributed by atoms with Crippen LogP contribution in [0.25, 0.3) is 0 Å². The van der Waals surface area contributed by atoms with E-state index >= 15 is 0 Å². The van der Waals surface area contributed by atoms with Gasteiger partial charge in [0.15, 0.2) is 0 Å². The number of nitrogens with zero attached hydrogens (tertiary/aromatic N) is 1. The maximum Gasteiger partial charge on any atom is 0.331 e. The van der Waals surface area contributed by atoms with Crippen LogP contribution < -0.4 is 4.90 Å². The second-order valence-electron chi connectivity index (χ2n) is 11.6. The minimum absolute atomic E-state index is 0.117. The van der Waals surface area contributed by atoms with Crippen LogP contribution in [0.15, 0.2) is 70.7 Å². The molecule has 2 aromatic carbocycles. The van der Waals surface area contributed by atoms with Crippen LogP contribution in [0.4, 0.5) is 11.4 Å². The van der Waals surface area contributed by atoms with Gasteiger partial charge in [-0.2, -0.15) is 0 Å². The molecule has 5 nitrogen and oxygen atoms in total. The van der Waals surface area contributed by atoms with E-state index in [0.717, 1.165) is 46.8 Å². The molecule has 5 atom stereocenters. The van der Waals surface area contributed by atoms with Crippen molar-refractivity contribution in [1.82, 2.24) is 0 Å². The van der Waals surface area contributed by atoms with Gasteiger partial charge in [0.05, 0.1) is 28.0 Å². The normalized spacial score (nSPS) is 27.4. The van der Waals surface area contributed by atoms with Gasteiger partial charge in [0, 0.05) is 47.0 Å². The van der Waals surface area contributed by atoms with Gasteiger partial charge in [-0.1, -0.05) is 62.7 Å². The summed E-state index contributed by atoms with van der Waals surface area (Å²) in [5, 5.41) is 10.6. The lowest BCUT2D eigenvalue weighted by molar-refractivity contribution is -0.132. The van der Waals surface area contributed by atoms with Crippen LogP contribution in [-0.2, 0) is 20.3 Å². The molecule has 0 spiro atoms. The van der Waals surface area contributed by atoms with E-state index in [0.29, 0.717) is 53.7 Å². The first-order valence-corrected chi connectivity index (χ1v) is 15.7. The molecule has 0 bridgehead atoms. The molecule has 7 heteroatoms. The van der Waals surface area contributed by atoms with Gasteiger partial charge in [-0.15, -0.1) is 0 Å². The molecule has 0 aromatic heterocycles. The fourth-order valence-corrected chi connectivity index (χ4v) is 8.18. The Morgan fingerprint density at radius 1 is 1.23 bits per heavy atom. The molecule has 2 heterocycles. The third-order valence-electron chi connectivity index (χ3n) is 8.40. The van der Waals surface area contributed by atoms with E-state index in [4.69, 9.17) is 16.3 Å². The zero-order chi connectivity index (χ0) is 27.7. The number of fused-ring (bicyclic) bond motifs is 1. The number of halogens is 1. The molecule has 1 N–H and O–H groups in total. The van der Waals surface area contributed by atoms with Gasteiger partial charge in [-0.25, -0.2) is 4.79 Å². The summed E-state index contributed by atoms with van der Waals surface area (Å²) in [4.78, 5) is 15.3.